The summed E-state index contributed by atoms with van der Waals surface area (Å²) < 4.78 is 4.94. The van der Waals surface area contributed by atoms with E-state index in [2.05, 4.69) is 20.4 Å². The minimum atomic E-state index is 0.370. The summed E-state index contributed by atoms with van der Waals surface area (Å²) in [5.74, 6) is 0.386. The molecule has 0 saturated heterocycles. The third-order valence-corrected chi connectivity index (χ3v) is 2.03. The number of nitrogens with zero attached hydrogens (tertiary/aromatic N) is 3. The van der Waals surface area contributed by atoms with Crippen molar-refractivity contribution in [2.45, 2.75) is 6.92 Å². The lowest BCUT2D eigenvalue weighted by molar-refractivity contribution is 0.432. The third kappa shape index (κ3) is 2.07. The Balaban J connectivity index is 2.33. The van der Waals surface area contributed by atoms with Crippen molar-refractivity contribution in [1.29, 1.82) is 0 Å². The molecular weight excluding hydrogens is 216 g/mol. The van der Waals surface area contributed by atoms with Gasteiger partial charge >= 0.3 is 6.01 Å². The Kier molecular flexibility index (Phi) is 2.82. The van der Waals surface area contributed by atoms with Gasteiger partial charge < -0.3 is 9.84 Å². The molecule has 0 aromatic carbocycles. The molecule has 15 heavy (non-hydrogen) atoms. The van der Waals surface area contributed by atoms with Gasteiger partial charge in [-0.15, -0.1) is 0 Å². The zero-order valence-electron chi connectivity index (χ0n) is 8.07. The monoisotopic (exact) mass is 224 g/mol. The van der Waals surface area contributed by atoms with Crippen LogP contribution in [0.1, 0.15) is 6.92 Å². The minimum absolute atomic E-state index is 0.370. The van der Waals surface area contributed by atoms with Crippen molar-refractivity contribution < 1.29 is 4.52 Å². The van der Waals surface area contributed by atoms with Crippen molar-refractivity contribution in [1.82, 2.24) is 15.1 Å². The van der Waals surface area contributed by atoms with Crippen molar-refractivity contribution in [2.24, 2.45) is 0 Å². The SMILES string of the molecule is CCNc1nc(-c2ncccc2Cl)no1. The van der Waals surface area contributed by atoms with E-state index in [0.717, 1.165) is 6.54 Å². The summed E-state index contributed by atoms with van der Waals surface area (Å²) in [6, 6.07) is 3.85. The smallest absolute Gasteiger partial charge is 0.321 e. The lowest BCUT2D eigenvalue weighted by atomic mass is 10.3. The molecule has 0 aliphatic heterocycles. The van der Waals surface area contributed by atoms with E-state index in [1.807, 2.05) is 6.92 Å². The van der Waals surface area contributed by atoms with Crippen molar-refractivity contribution in [3.63, 3.8) is 0 Å². The Morgan fingerprint density at radius 3 is 3.13 bits per heavy atom. The molecule has 0 unspecified atom stereocenters. The molecule has 78 valence electrons. The summed E-state index contributed by atoms with van der Waals surface area (Å²) in [4.78, 5) is 8.17. The molecule has 2 aromatic rings. The van der Waals surface area contributed by atoms with Crippen LogP contribution in [0.4, 0.5) is 6.01 Å². The van der Waals surface area contributed by atoms with Gasteiger partial charge in [-0.2, -0.15) is 4.98 Å². The summed E-state index contributed by atoms with van der Waals surface area (Å²) in [5.41, 5.74) is 0.520. The largest absolute Gasteiger partial charge is 0.338 e. The Hall–Kier alpha value is -1.62. The molecule has 5 nitrogen and oxygen atoms in total. The maximum absolute atomic E-state index is 5.94. The fourth-order valence-corrected chi connectivity index (χ4v) is 1.30. The van der Waals surface area contributed by atoms with Crippen LogP contribution in [0.25, 0.3) is 11.5 Å². The van der Waals surface area contributed by atoms with Crippen molar-refractivity contribution in [3.8, 4) is 11.5 Å². The first-order valence-corrected chi connectivity index (χ1v) is 4.87. The highest BCUT2D eigenvalue weighted by Crippen LogP contribution is 2.23. The normalized spacial score (nSPS) is 10.3. The van der Waals surface area contributed by atoms with Gasteiger partial charge in [-0.3, -0.25) is 4.98 Å². The molecule has 2 aromatic heterocycles. The first-order chi connectivity index (χ1) is 7.31. The van der Waals surface area contributed by atoms with Gasteiger partial charge in [-0.25, -0.2) is 0 Å². The number of anilines is 1. The zero-order valence-corrected chi connectivity index (χ0v) is 8.82. The van der Waals surface area contributed by atoms with Crippen molar-refractivity contribution >= 4 is 17.6 Å². The average molecular weight is 225 g/mol. The Bertz CT molecular complexity index is 457. The summed E-state index contributed by atoms with van der Waals surface area (Å²) in [7, 11) is 0. The highest BCUT2D eigenvalue weighted by molar-refractivity contribution is 6.32. The predicted octanol–water partition coefficient (Wildman–Crippen LogP) is 2.22. The van der Waals surface area contributed by atoms with Gasteiger partial charge in [0.2, 0.25) is 5.82 Å². The zero-order chi connectivity index (χ0) is 10.7. The number of pyridine rings is 1. The summed E-state index contributed by atoms with van der Waals surface area (Å²) >= 11 is 5.94. The highest BCUT2D eigenvalue weighted by Gasteiger charge is 2.11. The van der Waals surface area contributed by atoms with Gasteiger partial charge in [0.05, 0.1) is 5.02 Å². The van der Waals surface area contributed by atoms with Crippen LogP contribution in [-0.4, -0.2) is 21.7 Å². The number of halogens is 1. The second-order valence-electron chi connectivity index (χ2n) is 2.79. The summed E-state index contributed by atoms with van der Waals surface area (Å²) in [5, 5.41) is 7.18. The van der Waals surface area contributed by atoms with Gasteiger partial charge in [0.25, 0.3) is 0 Å². The highest BCUT2D eigenvalue weighted by atomic mass is 35.5. The van der Waals surface area contributed by atoms with E-state index in [0.29, 0.717) is 22.6 Å². The minimum Gasteiger partial charge on any atom is -0.338 e. The number of aromatic nitrogens is 3. The van der Waals surface area contributed by atoms with Gasteiger partial charge in [0.1, 0.15) is 5.69 Å². The van der Waals surface area contributed by atoms with Gasteiger partial charge in [0.15, 0.2) is 0 Å². The van der Waals surface area contributed by atoms with Crippen LogP contribution < -0.4 is 5.32 Å². The fraction of sp³-hybridized carbons (Fsp3) is 0.222. The molecule has 0 fully saturated rings. The predicted molar refractivity (Wildman–Crippen MR) is 56.7 cm³/mol. The molecule has 2 heterocycles. The Labute approximate surface area is 91.5 Å². The molecule has 1 N–H and O–H groups in total. The van der Waals surface area contributed by atoms with Crippen LogP contribution in [0, 0.1) is 0 Å². The van der Waals surface area contributed by atoms with Crippen LogP contribution in [0.15, 0.2) is 22.9 Å². The van der Waals surface area contributed by atoms with E-state index in [1.165, 1.54) is 0 Å². The van der Waals surface area contributed by atoms with Crippen LogP contribution in [0.5, 0.6) is 0 Å². The number of rotatable bonds is 3. The second kappa shape index (κ2) is 4.27. The average Bonchev–Trinajstić information content (AvgIpc) is 2.68. The molecule has 0 amide bonds. The molecular formula is C9H9ClN4O. The van der Waals surface area contributed by atoms with Gasteiger partial charge in [-0.05, 0) is 19.1 Å². The Morgan fingerprint density at radius 2 is 2.40 bits per heavy atom. The summed E-state index contributed by atoms with van der Waals surface area (Å²) in [6.07, 6.45) is 1.63. The van der Waals surface area contributed by atoms with E-state index in [-0.39, 0.29) is 0 Å². The molecule has 6 heteroatoms. The van der Waals surface area contributed by atoms with Crippen LogP contribution in [0.3, 0.4) is 0 Å². The van der Waals surface area contributed by atoms with E-state index < -0.39 is 0 Å². The van der Waals surface area contributed by atoms with E-state index >= 15 is 0 Å². The molecule has 2 rings (SSSR count). The first-order valence-electron chi connectivity index (χ1n) is 4.49. The number of hydrogen-bond donors (Lipinski definition) is 1. The first kappa shape index (κ1) is 9.92. The Morgan fingerprint density at radius 1 is 1.53 bits per heavy atom. The molecule has 0 atom stereocenters. The van der Waals surface area contributed by atoms with Crippen molar-refractivity contribution in [3.05, 3.63) is 23.4 Å². The molecule has 0 bridgehead atoms. The van der Waals surface area contributed by atoms with E-state index in [1.54, 1.807) is 18.3 Å². The maximum Gasteiger partial charge on any atom is 0.321 e. The number of nitrogens with one attached hydrogen (secondary N) is 1. The molecule has 0 aliphatic carbocycles. The fourth-order valence-electron chi connectivity index (χ4n) is 1.09. The molecule has 0 saturated carbocycles. The third-order valence-electron chi connectivity index (χ3n) is 1.72. The molecule has 0 radical (unpaired) electrons. The van der Waals surface area contributed by atoms with Gasteiger partial charge in [-0.1, -0.05) is 16.8 Å². The molecule has 0 aliphatic rings. The standard InChI is InChI=1S/C9H9ClN4O/c1-2-11-9-13-8(14-15-9)7-6(10)4-3-5-12-7/h3-5H,2H2,1H3,(H,11,13,14). The molecule has 0 spiro atoms. The van der Waals surface area contributed by atoms with Crippen LogP contribution in [0.2, 0.25) is 5.02 Å². The summed E-state index contributed by atoms with van der Waals surface area (Å²) in [6.45, 7) is 2.66. The number of hydrogen-bond acceptors (Lipinski definition) is 5. The van der Waals surface area contributed by atoms with E-state index in [4.69, 9.17) is 16.1 Å². The lowest BCUT2D eigenvalue weighted by Crippen LogP contribution is -1.96. The van der Waals surface area contributed by atoms with Crippen LogP contribution >= 0.6 is 11.6 Å². The lowest BCUT2D eigenvalue weighted by Gasteiger charge is -1.94. The van der Waals surface area contributed by atoms with Crippen LogP contribution in [-0.2, 0) is 0 Å². The van der Waals surface area contributed by atoms with E-state index in [9.17, 15) is 0 Å². The van der Waals surface area contributed by atoms with Gasteiger partial charge in [0, 0.05) is 12.7 Å². The maximum atomic E-state index is 5.94. The topological polar surface area (TPSA) is 63.8 Å². The second-order valence-corrected chi connectivity index (χ2v) is 3.19. The van der Waals surface area contributed by atoms with Crippen molar-refractivity contribution in [2.75, 3.05) is 11.9 Å². The quantitative estimate of drug-likeness (QED) is 0.866.